The van der Waals surface area contributed by atoms with Crippen molar-refractivity contribution >= 4 is 5.91 Å². The summed E-state index contributed by atoms with van der Waals surface area (Å²) >= 11 is 0. The van der Waals surface area contributed by atoms with Crippen LogP contribution in [0.4, 0.5) is 0 Å². The Labute approximate surface area is 162 Å². The fourth-order valence-electron chi connectivity index (χ4n) is 4.03. The van der Waals surface area contributed by atoms with Crippen LogP contribution in [0.25, 0.3) is 0 Å². The Bertz CT molecular complexity index is 726. The molecule has 4 rings (SSSR count). The highest BCUT2D eigenvalue weighted by molar-refractivity contribution is 5.82. The molecule has 1 aliphatic heterocycles. The molecule has 2 aromatic carbocycles. The first-order valence-electron chi connectivity index (χ1n) is 10.1. The Balaban J connectivity index is 1.12. The molecule has 0 bridgehead atoms. The first-order chi connectivity index (χ1) is 13.3. The van der Waals surface area contributed by atoms with Gasteiger partial charge in [-0.2, -0.15) is 0 Å². The number of piperazine rings is 1. The summed E-state index contributed by atoms with van der Waals surface area (Å²) in [5.74, 6) is 0.828. The highest BCUT2D eigenvalue weighted by Gasteiger charge is 2.43. The second-order valence-electron chi connectivity index (χ2n) is 7.75. The van der Waals surface area contributed by atoms with Gasteiger partial charge in [0.05, 0.1) is 0 Å². The standard InChI is InChI=1S/C23H29N3O/c27-23(22-17-21(22)20-9-5-2-6-10-20)24-11-12-25-13-15-26(16-14-25)18-19-7-3-1-4-8-19/h1-10,21-22H,11-18H2,(H,24,27)/t21-,22+/m1/s1. The van der Waals surface area contributed by atoms with E-state index in [0.29, 0.717) is 5.92 Å². The Hall–Kier alpha value is -2.17. The van der Waals surface area contributed by atoms with Gasteiger partial charge in [-0.25, -0.2) is 0 Å². The van der Waals surface area contributed by atoms with Crippen molar-refractivity contribution in [3.8, 4) is 0 Å². The van der Waals surface area contributed by atoms with E-state index in [4.69, 9.17) is 0 Å². The van der Waals surface area contributed by atoms with Crippen molar-refractivity contribution in [2.75, 3.05) is 39.3 Å². The van der Waals surface area contributed by atoms with Crippen LogP contribution in [0.15, 0.2) is 60.7 Å². The van der Waals surface area contributed by atoms with Crippen molar-refractivity contribution < 1.29 is 4.79 Å². The molecule has 1 heterocycles. The smallest absolute Gasteiger partial charge is 0.223 e. The predicted octanol–water partition coefficient (Wildman–Crippen LogP) is 2.72. The van der Waals surface area contributed by atoms with Crippen LogP contribution < -0.4 is 5.32 Å². The van der Waals surface area contributed by atoms with Crippen molar-refractivity contribution in [3.63, 3.8) is 0 Å². The molecule has 0 radical (unpaired) electrons. The summed E-state index contributed by atoms with van der Waals surface area (Å²) in [6, 6.07) is 21.1. The molecule has 1 amide bonds. The average Bonchev–Trinajstić information content (AvgIpc) is 3.52. The van der Waals surface area contributed by atoms with Gasteiger partial charge in [-0.15, -0.1) is 0 Å². The number of nitrogens with zero attached hydrogens (tertiary/aromatic N) is 2. The van der Waals surface area contributed by atoms with E-state index < -0.39 is 0 Å². The van der Waals surface area contributed by atoms with Crippen LogP contribution in [0.5, 0.6) is 0 Å². The first kappa shape index (κ1) is 18.2. The number of amides is 1. The van der Waals surface area contributed by atoms with Gasteiger partial charge < -0.3 is 5.32 Å². The second kappa shape index (κ2) is 8.68. The maximum Gasteiger partial charge on any atom is 0.223 e. The molecule has 1 N–H and O–H groups in total. The number of hydrogen-bond donors (Lipinski definition) is 1. The van der Waals surface area contributed by atoms with Crippen molar-refractivity contribution in [1.29, 1.82) is 0 Å². The van der Waals surface area contributed by atoms with Crippen LogP contribution >= 0.6 is 0 Å². The highest BCUT2D eigenvalue weighted by atomic mass is 16.2. The van der Waals surface area contributed by atoms with E-state index in [-0.39, 0.29) is 11.8 Å². The first-order valence-corrected chi connectivity index (χ1v) is 10.1. The van der Waals surface area contributed by atoms with Gasteiger partial charge >= 0.3 is 0 Å². The zero-order valence-corrected chi connectivity index (χ0v) is 15.9. The molecule has 1 aliphatic carbocycles. The minimum Gasteiger partial charge on any atom is -0.355 e. The number of hydrogen-bond acceptors (Lipinski definition) is 3. The molecule has 0 aromatic heterocycles. The molecule has 0 spiro atoms. The number of carbonyl (C=O) groups is 1. The lowest BCUT2D eigenvalue weighted by molar-refractivity contribution is -0.122. The monoisotopic (exact) mass is 363 g/mol. The van der Waals surface area contributed by atoms with Crippen molar-refractivity contribution in [2.45, 2.75) is 18.9 Å². The van der Waals surface area contributed by atoms with Crippen molar-refractivity contribution in [1.82, 2.24) is 15.1 Å². The lowest BCUT2D eigenvalue weighted by Gasteiger charge is -2.34. The zero-order chi connectivity index (χ0) is 18.5. The lowest BCUT2D eigenvalue weighted by Crippen LogP contribution is -2.48. The molecule has 4 heteroatoms. The van der Waals surface area contributed by atoms with E-state index >= 15 is 0 Å². The minimum absolute atomic E-state index is 0.176. The number of benzene rings is 2. The molecule has 2 atom stereocenters. The average molecular weight is 364 g/mol. The third-order valence-corrected chi connectivity index (χ3v) is 5.80. The van der Waals surface area contributed by atoms with Gasteiger partial charge in [0, 0.05) is 51.7 Å². The summed E-state index contributed by atoms with van der Waals surface area (Å²) in [5.41, 5.74) is 2.68. The van der Waals surface area contributed by atoms with Gasteiger partial charge in [-0.3, -0.25) is 14.6 Å². The quantitative estimate of drug-likeness (QED) is 0.822. The largest absolute Gasteiger partial charge is 0.355 e. The normalized spacial score (nSPS) is 23.1. The van der Waals surface area contributed by atoms with E-state index in [0.717, 1.165) is 52.2 Å². The fraction of sp³-hybridized carbons (Fsp3) is 0.435. The van der Waals surface area contributed by atoms with E-state index in [2.05, 4.69) is 69.7 Å². The van der Waals surface area contributed by atoms with Gasteiger partial charge in [0.25, 0.3) is 0 Å². The zero-order valence-electron chi connectivity index (χ0n) is 15.9. The molecule has 1 saturated heterocycles. The predicted molar refractivity (Wildman–Crippen MR) is 108 cm³/mol. The lowest BCUT2D eigenvalue weighted by atomic mass is 10.1. The highest BCUT2D eigenvalue weighted by Crippen LogP contribution is 2.47. The van der Waals surface area contributed by atoms with Crippen LogP contribution in [0.1, 0.15) is 23.5 Å². The van der Waals surface area contributed by atoms with Crippen molar-refractivity contribution in [2.24, 2.45) is 5.92 Å². The van der Waals surface area contributed by atoms with Gasteiger partial charge in [0.1, 0.15) is 0 Å². The molecule has 4 nitrogen and oxygen atoms in total. The van der Waals surface area contributed by atoms with Crippen LogP contribution in [0, 0.1) is 5.92 Å². The molecular formula is C23H29N3O. The topological polar surface area (TPSA) is 35.6 Å². The summed E-state index contributed by atoms with van der Waals surface area (Å²) in [4.78, 5) is 17.3. The van der Waals surface area contributed by atoms with E-state index in [1.54, 1.807) is 0 Å². The molecule has 142 valence electrons. The number of carbonyl (C=O) groups excluding carboxylic acids is 1. The maximum atomic E-state index is 12.3. The third-order valence-electron chi connectivity index (χ3n) is 5.80. The fourth-order valence-corrected chi connectivity index (χ4v) is 4.03. The molecule has 0 unspecified atom stereocenters. The third kappa shape index (κ3) is 4.96. The second-order valence-corrected chi connectivity index (χ2v) is 7.75. The molecule has 2 fully saturated rings. The Morgan fingerprint density at radius 2 is 1.52 bits per heavy atom. The molecule has 2 aliphatic rings. The molecule has 1 saturated carbocycles. The number of nitrogens with one attached hydrogen (secondary N) is 1. The SMILES string of the molecule is O=C(NCCN1CCN(Cc2ccccc2)CC1)[C@H]1C[C@@H]1c1ccccc1. The molecule has 27 heavy (non-hydrogen) atoms. The van der Waals surface area contributed by atoms with Crippen LogP contribution in [0.2, 0.25) is 0 Å². The van der Waals surface area contributed by atoms with E-state index in [1.807, 2.05) is 6.07 Å². The molecule has 2 aromatic rings. The summed E-state index contributed by atoms with van der Waals surface area (Å²) < 4.78 is 0. The van der Waals surface area contributed by atoms with Crippen molar-refractivity contribution in [3.05, 3.63) is 71.8 Å². The van der Waals surface area contributed by atoms with Crippen LogP contribution in [-0.2, 0) is 11.3 Å². The van der Waals surface area contributed by atoms with Crippen LogP contribution in [0.3, 0.4) is 0 Å². The summed E-state index contributed by atoms with van der Waals surface area (Å²) in [5, 5.41) is 3.15. The summed E-state index contributed by atoms with van der Waals surface area (Å²) in [6.07, 6.45) is 0.994. The van der Waals surface area contributed by atoms with E-state index in [9.17, 15) is 4.79 Å². The molecular weight excluding hydrogens is 334 g/mol. The summed E-state index contributed by atoms with van der Waals surface area (Å²) in [6.45, 7) is 7.11. The van der Waals surface area contributed by atoms with E-state index in [1.165, 1.54) is 11.1 Å². The van der Waals surface area contributed by atoms with Gasteiger partial charge in [0.2, 0.25) is 5.91 Å². The van der Waals surface area contributed by atoms with Gasteiger partial charge in [-0.05, 0) is 23.5 Å². The Morgan fingerprint density at radius 3 is 2.22 bits per heavy atom. The number of rotatable bonds is 7. The summed E-state index contributed by atoms with van der Waals surface area (Å²) in [7, 11) is 0. The van der Waals surface area contributed by atoms with Gasteiger partial charge in [-0.1, -0.05) is 60.7 Å². The Morgan fingerprint density at radius 1 is 0.889 bits per heavy atom. The minimum atomic E-state index is 0.176. The maximum absolute atomic E-state index is 12.3. The van der Waals surface area contributed by atoms with Gasteiger partial charge in [0.15, 0.2) is 0 Å². The Kier molecular flexibility index (Phi) is 5.85. The van der Waals surface area contributed by atoms with Crippen LogP contribution in [-0.4, -0.2) is 55.0 Å².